The van der Waals surface area contributed by atoms with Gasteiger partial charge < -0.3 is 0 Å². The molecular weight excluding hydrogens is 364 g/mol. The first-order chi connectivity index (χ1) is 11.1. The van der Waals surface area contributed by atoms with Crippen molar-refractivity contribution < 1.29 is 29.7 Å². The van der Waals surface area contributed by atoms with E-state index in [0.29, 0.717) is 4.90 Å². The van der Waals surface area contributed by atoms with Gasteiger partial charge in [-0.2, -0.15) is 8.42 Å². The zero-order valence-corrected chi connectivity index (χ0v) is 17.0. The molecule has 140 valence electrons. The topological polar surface area (TPSA) is 43.4 Å². The Balaban J connectivity index is 0.00000529. The van der Waals surface area contributed by atoms with Gasteiger partial charge in [0.15, 0.2) is 0 Å². The third-order valence-electron chi connectivity index (χ3n) is 4.26. The summed E-state index contributed by atoms with van der Waals surface area (Å²) < 4.78 is 28.4. The van der Waals surface area contributed by atoms with Gasteiger partial charge in [0.25, 0.3) is 10.1 Å². The van der Waals surface area contributed by atoms with Crippen molar-refractivity contribution in [2.45, 2.75) is 82.4 Å². The second-order valence-electron chi connectivity index (χ2n) is 6.16. The van der Waals surface area contributed by atoms with E-state index in [0.717, 1.165) is 24.8 Å². The molecule has 0 amide bonds. The number of rotatable bonds is 13. The molecule has 1 rings (SSSR count). The number of hydrogen-bond donors (Lipinski definition) is 0. The van der Waals surface area contributed by atoms with Crippen molar-refractivity contribution in [1.82, 2.24) is 0 Å². The molecule has 0 heterocycles. The Morgan fingerprint density at radius 3 is 1.88 bits per heavy atom. The molecule has 0 atom stereocenters. The number of hydrogen-bond acceptors (Lipinski definition) is 3. The molecule has 0 unspecified atom stereocenters. The van der Waals surface area contributed by atoms with E-state index in [4.69, 9.17) is 0 Å². The summed E-state index contributed by atoms with van der Waals surface area (Å²) in [4.78, 5) is 0.318. The van der Waals surface area contributed by atoms with Crippen LogP contribution in [0.25, 0.3) is 0 Å². The van der Waals surface area contributed by atoms with E-state index >= 15 is 0 Å². The standard InChI is InChI=1S/C19H32O3S.Fe/c1-3-4-5-6-7-8-9-10-11-12-15-18-16-13-14-17-19(18)23(20,21)22-2;/h13-14,16-17H,3-12,15H2,1-2H3;. The van der Waals surface area contributed by atoms with Gasteiger partial charge in [0.05, 0.1) is 12.0 Å². The smallest absolute Gasteiger partial charge is 0.270 e. The molecule has 0 aliphatic heterocycles. The van der Waals surface area contributed by atoms with Crippen molar-refractivity contribution in [1.29, 1.82) is 0 Å². The first-order valence-electron chi connectivity index (χ1n) is 9.00. The molecule has 0 aliphatic carbocycles. The van der Waals surface area contributed by atoms with E-state index in [1.165, 1.54) is 58.5 Å². The Morgan fingerprint density at radius 1 is 0.833 bits per heavy atom. The molecule has 24 heavy (non-hydrogen) atoms. The van der Waals surface area contributed by atoms with Crippen molar-refractivity contribution >= 4 is 10.1 Å². The van der Waals surface area contributed by atoms with Crippen LogP contribution in [-0.4, -0.2) is 15.5 Å². The van der Waals surface area contributed by atoms with Crippen LogP contribution in [0.5, 0.6) is 0 Å². The Labute approximate surface area is 159 Å². The van der Waals surface area contributed by atoms with Gasteiger partial charge in [0.2, 0.25) is 0 Å². The minimum absolute atomic E-state index is 0. The Morgan fingerprint density at radius 2 is 1.33 bits per heavy atom. The zero-order chi connectivity index (χ0) is 17.0. The van der Waals surface area contributed by atoms with Crippen LogP contribution < -0.4 is 0 Å². The molecule has 1 aromatic carbocycles. The molecule has 0 saturated carbocycles. The number of benzene rings is 1. The van der Waals surface area contributed by atoms with Crippen molar-refractivity contribution in [2.24, 2.45) is 0 Å². The minimum Gasteiger partial charge on any atom is -0.270 e. The predicted octanol–water partition coefficient (Wildman–Crippen LogP) is 5.48. The van der Waals surface area contributed by atoms with Crippen molar-refractivity contribution in [3.63, 3.8) is 0 Å². The molecule has 0 N–H and O–H groups in total. The van der Waals surface area contributed by atoms with Crippen LogP contribution >= 0.6 is 0 Å². The molecule has 5 heteroatoms. The first kappa shape index (κ1) is 23.6. The first-order valence-corrected chi connectivity index (χ1v) is 10.4. The molecule has 0 radical (unpaired) electrons. The average Bonchev–Trinajstić information content (AvgIpc) is 2.57. The van der Waals surface area contributed by atoms with Crippen LogP contribution in [-0.2, 0) is 37.8 Å². The fraction of sp³-hybridized carbons (Fsp3) is 0.684. The van der Waals surface area contributed by atoms with Crippen LogP contribution in [0.4, 0.5) is 0 Å². The number of aryl methyl sites for hydroxylation is 1. The van der Waals surface area contributed by atoms with Gasteiger partial charge in [-0.3, -0.25) is 4.18 Å². The maximum atomic E-state index is 11.9. The van der Waals surface area contributed by atoms with Gasteiger partial charge in [0.1, 0.15) is 0 Å². The Hall–Kier alpha value is -0.351. The summed E-state index contributed by atoms with van der Waals surface area (Å²) in [5.41, 5.74) is 0.869. The second-order valence-corrected chi connectivity index (χ2v) is 7.84. The van der Waals surface area contributed by atoms with E-state index in [1.54, 1.807) is 12.1 Å². The van der Waals surface area contributed by atoms with Gasteiger partial charge in [-0.1, -0.05) is 82.9 Å². The molecule has 0 saturated heterocycles. The Kier molecular flexibility index (Phi) is 13.7. The zero-order valence-electron chi connectivity index (χ0n) is 15.1. The van der Waals surface area contributed by atoms with Crippen LogP contribution in [0.3, 0.4) is 0 Å². The van der Waals surface area contributed by atoms with Crippen molar-refractivity contribution in [3.05, 3.63) is 29.8 Å². The van der Waals surface area contributed by atoms with Crippen LogP contribution in [0.1, 0.15) is 76.7 Å². The van der Waals surface area contributed by atoms with Crippen LogP contribution in [0, 0.1) is 0 Å². The normalized spacial score (nSPS) is 11.2. The third kappa shape index (κ3) is 9.22. The molecule has 0 fully saturated rings. The second kappa shape index (κ2) is 13.9. The molecule has 0 bridgehead atoms. The van der Waals surface area contributed by atoms with Crippen LogP contribution in [0.2, 0.25) is 0 Å². The molecule has 0 aromatic heterocycles. The van der Waals surface area contributed by atoms with E-state index in [1.807, 2.05) is 12.1 Å². The largest absolute Gasteiger partial charge is 0.296 e. The third-order valence-corrected chi connectivity index (χ3v) is 5.64. The SMILES string of the molecule is CCCCCCCCCCCCc1ccccc1S(=O)(=O)OC.[Fe]. The molecule has 3 nitrogen and oxygen atoms in total. The fourth-order valence-electron chi connectivity index (χ4n) is 2.85. The van der Waals surface area contributed by atoms with Gasteiger partial charge in [-0.05, 0) is 24.5 Å². The van der Waals surface area contributed by atoms with Gasteiger partial charge in [0, 0.05) is 17.1 Å². The van der Waals surface area contributed by atoms with E-state index in [-0.39, 0.29) is 17.1 Å². The molecule has 0 aliphatic rings. The monoisotopic (exact) mass is 396 g/mol. The van der Waals surface area contributed by atoms with Crippen molar-refractivity contribution in [3.8, 4) is 0 Å². The summed E-state index contributed by atoms with van der Waals surface area (Å²) >= 11 is 0. The maximum absolute atomic E-state index is 11.9. The minimum atomic E-state index is -3.59. The predicted molar refractivity (Wildman–Crippen MR) is 96.2 cm³/mol. The summed E-state index contributed by atoms with van der Waals surface area (Å²) in [6, 6.07) is 7.15. The van der Waals surface area contributed by atoms with Gasteiger partial charge >= 0.3 is 0 Å². The summed E-state index contributed by atoms with van der Waals surface area (Å²) in [6.45, 7) is 2.25. The quantitative estimate of drug-likeness (QED) is 0.252. The molecular formula is C19H32FeO3S. The summed E-state index contributed by atoms with van der Waals surface area (Å²) in [5.74, 6) is 0. The summed E-state index contributed by atoms with van der Waals surface area (Å²) in [7, 11) is -2.38. The fourth-order valence-corrected chi connectivity index (χ4v) is 3.76. The molecule has 0 spiro atoms. The van der Waals surface area contributed by atoms with E-state index in [2.05, 4.69) is 11.1 Å². The number of unbranched alkanes of at least 4 members (excludes halogenated alkanes) is 9. The van der Waals surface area contributed by atoms with E-state index in [9.17, 15) is 8.42 Å². The van der Waals surface area contributed by atoms with E-state index < -0.39 is 10.1 Å². The Bertz CT molecular complexity index is 529. The summed E-state index contributed by atoms with van der Waals surface area (Å²) in [6.07, 6.45) is 13.6. The van der Waals surface area contributed by atoms with Gasteiger partial charge in [-0.25, -0.2) is 0 Å². The van der Waals surface area contributed by atoms with Crippen molar-refractivity contribution in [2.75, 3.05) is 7.11 Å². The molecule has 1 aromatic rings. The maximum Gasteiger partial charge on any atom is 0.296 e. The van der Waals surface area contributed by atoms with Crippen LogP contribution in [0.15, 0.2) is 29.2 Å². The average molecular weight is 396 g/mol. The van der Waals surface area contributed by atoms with Gasteiger partial charge in [-0.15, -0.1) is 0 Å². The summed E-state index contributed by atoms with van der Waals surface area (Å²) in [5, 5.41) is 0.